The van der Waals surface area contributed by atoms with E-state index in [2.05, 4.69) is 11.8 Å². The van der Waals surface area contributed by atoms with Gasteiger partial charge in [0.1, 0.15) is 18.1 Å². The number of aromatic hydroxyl groups is 1. The molecule has 0 radical (unpaired) electrons. The topological polar surface area (TPSA) is 29.5 Å². The molecule has 0 aliphatic rings. The molecule has 2 heteroatoms. The summed E-state index contributed by atoms with van der Waals surface area (Å²) in [4.78, 5) is 0. The van der Waals surface area contributed by atoms with Crippen LogP contribution in [0.1, 0.15) is 6.92 Å². The lowest BCUT2D eigenvalue weighted by molar-refractivity contribution is 0.366. The van der Waals surface area contributed by atoms with Gasteiger partial charge >= 0.3 is 0 Å². The molecule has 0 spiro atoms. The zero-order valence-electron chi connectivity index (χ0n) is 6.87. The van der Waals surface area contributed by atoms with Gasteiger partial charge in [-0.1, -0.05) is 12.0 Å². The molecule has 1 aromatic carbocycles. The van der Waals surface area contributed by atoms with Gasteiger partial charge in [0, 0.05) is 6.07 Å². The molecule has 1 rings (SSSR count). The molecule has 0 bridgehead atoms. The van der Waals surface area contributed by atoms with E-state index in [0.29, 0.717) is 12.4 Å². The zero-order valence-corrected chi connectivity index (χ0v) is 6.87. The lowest BCUT2D eigenvalue weighted by Gasteiger charge is -2.00. The highest BCUT2D eigenvalue weighted by molar-refractivity contribution is 5.31. The fourth-order valence-electron chi connectivity index (χ4n) is 0.765. The van der Waals surface area contributed by atoms with Crippen molar-refractivity contribution < 1.29 is 9.84 Å². The molecule has 0 heterocycles. The minimum Gasteiger partial charge on any atom is -0.508 e. The van der Waals surface area contributed by atoms with Gasteiger partial charge in [0.25, 0.3) is 0 Å². The third kappa shape index (κ3) is 2.55. The molecule has 0 aliphatic carbocycles. The standard InChI is InChI=1S/C10H10O2/c1-2-3-7-12-10-6-4-5-9(11)8-10/h4-6,8,11H,7H2,1H3. The number of phenols is 1. The largest absolute Gasteiger partial charge is 0.508 e. The van der Waals surface area contributed by atoms with Gasteiger partial charge in [-0.15, -0.1) is 5.92 Å². The minimum absolute atomic E-state index is 0.206. The summed E-state index contributed by atoms with van der Waals surface area (Å²) in [5.74, 6) is 6.32. The number of hydrogen-bond donors (Lipinski definition) is 1. The van der Waals surface area contributed by atoms with Crippen LogP contribution in [-0.4, -0.2) is 11.7 Å². The molecule has 0 saturated carbocycles. The highest BCUT2D eigenvalue weighted by Crippen LogP contribution is 2.17. The maximum atomic E-state index is 9.05. The monoisotopic (exact) mass is 162 g/mol. The number of hydrogen-bond acceptors (Lipinski definition) is 2. The number of ether oxygens (including phenoxy) is 1. The van der Waals surface area contributed by atoms with Gasteiger partial charge in [0.05, 0.1) is 0 Å². The minimum atomic E-state index is 0.206. The van der Waals surface area contributed by atoms with Crippen molar-refractivity contribution in [2.75, 3.05) is 6.61 Å². The Morgan fingerprint density at radius 2 is 2.33 bits per heavy atom. The molecule has 62 valence electrons. The summed E-state index contributed by atoms with van der Waals surface area (Å²) >= 11 is 0. The van der Waals surface area contributed by atoms with Crippen LogP contribution < -0.4 is 4.74 Å². The summed E-state index contributed by atoms with van der Waals surface area (Å²) in [7, 11) is 0. The number of benzene rings is 1. The van der Waals surface area contributed by atoms with Gasteiger partial charge in [-0.2, -0.15) is 0 Å². The third-order valence-corrected chi connectivity index (χ3v) is 1.31. The van der Waals surface area contributed by atoms with Gasteiger partial charge in [0.15, 0.2) is 0 Å². The van der Waals surface area contributed by atoms with Crippen LogP contribution in [0.2, 0.25) is 0 Å². The first-order valence-corrected chi connectivity index (χ1v) is 3.64. The summed E-state index contributed by atoms with van der Waals surface area (Å²) in [5, 5.41) is 9.05. The predicted octanol–water partition coefficient (Wildman–Crippen LogP) is 1.79. The van der Waals surface area contributed by atoms with Crippen molar-refractivity contribution in [1.82, 2.24) is 0 Å². The number of rotatable bonds is 2. The predicted molar refractivity (Wildman–Crippen MR) is 47.1 cm³/mol. The Morgan fingerprint density at radius 1 is 1.50 bits per heavy atom. The smallest absolute Gasteiger partial charge is 0.149 e. The van der Waals surface area contributed by atoms with Crippen molar-refractivity contribution in [3.63, 3.8) is 0 Å². The normalized spacial score (nSPS) is 8.42. The molecule has 0 aromatic heterocycles. The van der Waals surface area contributed by atoms with Crippen LogP contribution in [0.15, 0.2) is 24.3 Å². The molecule has 12 heavy (non-hydrogen) atoms. The molecule has 1 N–H and O–H groups in total. The first-order chi connectivity index (χ1) is 5.83. The van der Waals surface area contributed by atoms with Crippen LogP contribution in [0.3, 0.4) is 0 Å². The van der Waals surface area contributed by atoms with Crippen molar-refractivity contribution in [3.8, 4) is 23.3 Å². The second-order valence-corrected chi connectivity index (χ2v) is 2.21. The maximum Gasteiger partial charge on any atom is 0.149 e. The van der Waals surface area contributed by atoms with Gasteiger partial charge < -0.3 is 9.84 Å². The summed E-state index contributed by atoms with van der Waals surface area (Å²) in [6, 6.07) is 6.65. The fraction of sp³-hybridized carbons (Fsp3) is 0.200. The molecule has 0 aliphatic heterocycles. The van der Waals surface area contributed by atoms with E-state index in [-0.39, 0.29) is 5.75 Å². The van der Waals surface area contributed by atoms with Crippen molar-refractivity contribution in [3.05, 3.63) is 24.3 Å². The lowest BCUT2D eigenvalue weighted by Crippen LogP contribution is -1.92. The molecule has 0 fully saturated rings. The van der Waals surface area contributed by atoms with Gasteiger partial charge in [-0.3, -0.25) is 0 Å². The van der Waals surface area contributed by atoms with Crippen molar-refractivity contribution >= 4 is 0 Å². The van der Waals surface area contributed by atoms with Crippen LogP contribution in [0.5, 0.6) is 11.5 Å². The molecule has 0 atom stereocenters. The third-order valence-electron chi connectivity index (χ3n) is 1.31. The quantitative estimate of drug-likeness (QED) is 0.672. The first kappa shape index (κ1) is 8.48. The molecule has 0 amide bonds. The average Bonchev–Trinajstić information content (AvgIpc) is 2.05. The van der Waals surface area contributed by atoms with Crippen LogP contribution >= 0.6 is 0 Å². The Hall–Kier alpha value is -1.62. The van der Waals surface area contributed by atoms with Crippen molar-refractivity contribution in [2.24, 2.45) is 0 Å². The highest BCUT2D eigenvalue weighted by atomic mass is 16.5. The summed E-state index contributed by atoms with van der Waals surface area (Å²) in [6.07, 6.45) is 0. The van der Waals surface area contributed by atoms with E-state index in [1.54, 1.807) is 31.2 Å². The summed E-state index contributed by atoms with van der Waals surface area (Å²) < 4.78 is 5.19. The molecular formula is C10H10O2. The van der Waals surface area contributed by atoms with E-state index in [9.17, 15) is 0 Å². The Kier molecular flexibility index (Phi) is 3.04. The van der Waals surface area contributed by atoms with E-state index < -0.39 is 0 Å². The summed E-state index contributed by atoms with van der Waals surface area (Å²) in [6.45, 7) is 2.12. The van der Waals surface area contributed by atoms with Crippen LogP contribution in [-0.2, 0) is 0 Å². The van der Waals surface area contributed by atoms with E-state index in [4.69, 9.17) is 9.84 Å². The SMILES string of the molecule is CC#CCOc1cccc(O)c1. The Balaban J connectivity index is 2.55. The van der Waals surface area contributed by atoms with E-state index >= 15 is 0 Å². The van der Waals surface area contributed by atoms with E-state index in [1.165, 1.54) is 0 Å². The number of phenolic OH excluding ortho intramolecular Hbond substituents is 1. The van der Waals surface area contributed by atoms with Gasteiger partial charge in [-0.25, -0.2) is 0 Å². The van der Waals surface area contributed by atoms with Crippen LogP contribution in [0.4, 0.5) is 0 Å². The Labute approximate surface area is 71.8 Å². The van der Waals surface area contributed by atoms with Crippen molar-refractivity contribution in [2.45, 2.75) is 6.92 Å². The second kappa shape index (κ2) is 4.30. The Morgan fingerprint density at radius 3 is 3.00 bits per heavy atom. The molecule has 2 nitrogen and oxygen atoms in total. The molecular weight excluding hydrogens is 152 g/mol. The van der Waals surface area contributed by atoms with Gasteiger partial charge in [-0.05, 0) is 19.1 Å². The molecule has 0 unspecified atom stereocenters. The second-order valence-electron chi connectivity index (χ2n) is 2.21. The average molecular weight is 162 g/mol. The van der Waals surface area contributed by atoms with E-state index in [0.717, 1.165) is 0 Å². The van der Waals surface area contributed by atoms with Crippen LogP contribution in [0, 0.1) is 11.8 Å². The Bertz CT molecular complexity index is 307. The van der Waals surface area contributed by atoms with Crippen LogP contribution in [0.25, 0.3) is 0 Å². The zero-order chi connectivity index (χ0) is 8.81. The molecule has 1 aromatic rings. The maximum absolute atomic E-state index is 9.05. The summed E-state index contributed by atoms with van der Waals surface area (Å²) in [5.41, 5.74) is 0. The fourth-order valence-corrected chi connectivity index (χ4v) is 0.765. The molecule has 0 saturated heterocycles. The first-order valence-electron chi connectivity index (χ1n) is 3.64. The van der Waals surface area contributed by atoms with E-state index in [1.807, 2.05) is 0 Å². The lowest BCUT2D eigenvalue weighted by atomic mass is 10.3. The van der Waals surface area contributed by atoms with Gasteiger partial charge in [0.2, 0.25) is 0 Å². The van der Waals surface area contributed by atoms with Crippen molar-refractivity contribution in [1.29, 1.82) is 0 Å². The highest BCUT2D eigenvalue weighted by Gasteiger charge is 1.91.